The van der Waals surface area contributed by atoms with E-state index in [9.17, 15) is 9.59 Å². The third kappa shape index (κ3) is 4.93. The minimum absolute atomic E-state index is 0.00491. The van der Waals surface area contributed by atoms with Gasteiger partial charge in [0.05, 0.1) is 0 Å². The van der Waals surface area contributed by atoms with Crippen LogP contribution in [0.3, 0.4) is 0 Å². The van der Waals surface area contributed by atoms with E-state index >= 15 is 0 Å². The number of carbonyl (C=O) groups excluding carboxylic acids is 2. The van der Waals surface area contributed by atoms with Gasteiger partial charge in [0.25, 0.3) is 0 Å². The van der Waals surface area contributed by atoms with Gasteiger partial charge in [-0.3, -0.25) is 0 Å². The van der Waals surface area contributed by atoms with Gasteiger partial charge in [-0.05, 0) is 46.1 Å². The standard InChI is InChI=1S/C21H32N4O2/c1-16-5-7-17(8-6-16)15-24-13-14-25(20(24)27)18-9-11-23(12-10-18)19(26)22-21(2,3)4/h5-8,18H,9-15H2,1-4H3,(H,22,26). The zero-order chi connectivity index (χ0) is 19.6. The summed E-state index contributed by atoms with van der Waals surface area (Å²) in [7, 11) is 0. The molecule has 2 fully saturated rings. The van der Waals surface area contributed by atoms with Crippen LogP contribution >= 0.6 is 0 Å². The maximum absolute atomic E-state index is 12.8. The van der Waals surface area contributed by atoms with E-state index < -0.39 is 0 Å². The van der Waals surface area contributed by atoms with Crippen LogP contribution in [0.1, 0.15) is 44.7 Å². The summed E-state index contributed by atoms with van der Waals surface area (Å²) in [6.07, 6.45) is 1.70. The minimum atomic E-state index is -0.227. The molecule has 148 valence electrons. The highest BCUT2D eigenvalue weighted by Gasteiger charge is 2.36. The van der Waals surface area contributed by atoms with Crippen molar-refractivity contribution in [2.24, 2.45) is 0 Å². The van der Waals surface area contributed by atoms with Crippen LogP contribution in [0.4, 0.5) is 9.59 Å². The van der Waals surface area contributed by atoms with Crippen LogP contribution in [0.2, 0.25) is 0 Å². The third-order valence-corrected chi connectivity index (χ3v) is 5.30. The first-order chi connectivity index (χ1) is 12.7. The zero-order valence-electron chi connectivity index (χ0n) is 17.0. The van der Waals surface area contributed by atoms with Crippen molar-refractivity contribution in [1.29, 1.82) is 0 Å². The first-order valence-electron chi connectivity index (χ1n) is 9.91. The second kappa shape index (κ2) is 7.79. The minimum Gasteiger partial charge on any atom is -0.333 e. The predicted octanol–water partition coefficient (Wildman–Crippen LogP) is 3.21. The summed E-state index contributed by atoms with van der Waals surface area (Å²) in [5.41, 5.74) is 2.18. The molecule has 6 nitrogen and oxygen atoms in total. The van der Waals surface area contributed by atoms with E-state index in [1.54, 1.807) is 0 Å². The summed E-state index contributed by atoms with van der Waals surface area (Å²) < 4.78 is 0. The fraction of sp³-hybridized carbons (Fsp3) is 0.619. The first kappa shape index (κ1) is 19.5. The van der Waals surface area contributed by atoms with Crippen molar-refractivity contribution in [3.05, 3.63) is 35.4 Å². The maximum Gasteiger partial charge on any atom is 0.320 e. The van der Waals surface area contributed by atoms with Gasteiger partial charge in [-0.15, -0.1) is 0 Å². The van der Waals surface area contributed by atoms with E-state index in [4.69, 9.17) is 0 Å². The van der Waals surface area contributed by atoms with Gasteiger partial charge in [0.15, 0.2) is 0 Å². The second-order valence-corrected chi connectivity index (χ2v) is 8.78. The molecular weight excluding hydrogens is 340 g/mol. The van der Waals surface area contributed by atoms with Crippen LogP contribution in [0.15, 0.2) is 24.3 Å². The highest BCUT2D eigenvalue weighted by atomic mass is 16.2. The maximum atomic E-state index is 12.8. The molecule has 1 N–H and O–H groups in total. The van der Waals surface area contributed by atoms with Gasteiger partial charge in [-0.2, -0.15) is 0 Å². The smallest absolute Gasteiger partial charge is 0.320 e. The molecule has 0 atom stereocenters. The SMILES string of the molecule is Cc1ccc(CN2CCN(C3CCN(C(=O)NC(C)(C)C)CC3)C2=O)cc1. The molecule has 2 aliphatic heterocycles. The molecule has 4 amide bonds. The molecule has 0 radical (unpaired) electrons. The number of piperidine rings is 1. The predicted molar refractivity (Wildman–Crippen MR) is 107 cm³/mol. The Kier molecular flexibility index (Phi) is 5.63. The molecule has 2 aliphatic rings. The molecule has 2 saturated heterocycles. The summed E-state index contributed by atoms with van der Waals surface area (Å²) >= 11 is 0. The molecule has 27 heavy (non-hydrogen) atoms. The number of likely N-dealkylation sites (tertiary alicyclic amines) is 1. The van der Waals surface area contributed by atoms with Crippen LogP contribution in [-0.4, -0.2) is 64.5 Å². The number of amides is 4. The van der Waals surface area contributed by atoms with Crippen LogP contribution in [0.5, 0.6) is 0 Å². The number of hydrogen-bond acceptors (Lipinski definition) is 2. The summed E-state index contributed by atoms with van der Waals surface area (Å²) in [6.45, 7) is 11.7. The van der Waals surface area contributed by atoms with E-state index in [-0.39, 0.29) is 23.6 Å². The Morgan fingerprint density at radius 1 is 1.07 bits per heavy atom. The number of nitrogens with one attached hydrogen (secondary N) is 1. The average Bonchev–Trinajstić information content (AvgIpc) is 2.96. The molecule has 0 saturated carbocycles. The molecule has 0 spiro atoms. The van der Waals surface area contributed by atoms with Gasteiger partial charge < -0.3 is 20.0 Å². The number of nitrogens with zero attached hydrogens (tertiary/aromatic N) is 3. The van der Waals surface area contributed by atoms with E-state index in [2.05, 4.69) is 36.5 Å². The van der Waals surface area contributed by atoms with Gasteiger partial charge in [-0.1, -0.05) is 29.8 Å². The lowest BCUT2D eigenvalue weighted by Crippen LogP contribution is -2.53. The first-order valence-corrected chi connectivity index (χ1v) is 9.91. The monoisotopic (exact) mass is 372 g/mol. The van der Waals surface area contributed by atoms with E-state index in [1.807, 2.05) is 35.5 Å². The molecule has 3 rings (SSSR count). The highest BCUT2D eigenvalue weighted by Crippen LogP contribution is 2.23. The zero-order valence-corrected chi connectivity index (χ0v) is 17.0. The normalized spacial score (nSPS) is 19.0. The quantitative estimate of drug-likeness (QED) is 0.886. The van der Waals surface area contributed by atoms with Gasteiger partial charge in [-0.25, -0.2) is 9.59 Å². The van der Waals surface area contributed by atoms with Crippen LogP contribution in [0, 0.1) is 6.92 Å². The number of benzene rings is 1. The largest absolute Gasteiger partial charge is 0.333 e. The van der Waals surface area contributed by atoms with Crippen molar-refractivity contribution in [3.8, 4) is 0 Å². The van der Waals surface area contributed by atoms with Crippen LogP contribution in [0.25, 0.3) is 0 Å². The summed E-state index contributed by atoms with van der Waals surface area (Å²) in [5, 5.41) is 3.02. The molecule has 0 unspecified atom stereocenters. The lowest BCUT2D eigenvalue weighted by molar-refractivity contribution is 0.132. The second-order valence-electron chi connectivity index (χ2n) is 8.78. The molecule has 0 aliphatic carbocycles. The number of aryl methyl sites for hydroxylation is 1. The fourth-order valence-corrected chi connectivity index (χ4v) is 3.78. The van der Waals surface area contributed by atoms with Crippen molar-refractivity contribution >= 4 is 12.1 Å². The lowest BCUT2D eigenvalue weighted by Gasteiger charge is -2.37. The number of hydrogen-bond donors (Lipinski definition) is 1. The summed E-state index contributed by atoms with van der Waals surface area (Å²) in [4.78, 5) is 31.0. The van der Waals surface area contributed by atoms with Gasteiger partial charge in [0.2, 0.25) is 0 Å². The van der Waals surface area contributed by atoms with Crippen molar-refractivity contribution in [2.45, 2.75) is 58.7 Å². The van der Waals surface area contributed by atoms with Crippen molar-refractivity contribution in [2.75, 3.05) is 26.2 Å². The molecule has 6 heteroatoms. The molecule has 0 bridgehead atoms. The van der Waals surface area contributed by atoms with Crippen molar-refractivity contribution in [3.63, 3.8) is 0 Å². The molecular formula is C21H32N4O2. The average molecular weight is 373 g/mol. The molecule has 1 aromatic rings. The van der Waals surface area contributed by atoms with Gasteiger partial charge in [0, 0.05) is 44.3 Å². The molecule has 1 aromatic carbocycles. The van der Waals surface area contributed by atoms with Crippen molar-refractivity contribution in [1.82, 2.24) is 20.0 Å². The topological polar surface area (TPSA) is 55.9 Å². The number of carbonyl (C=O) groups is 2. The van der Waals surface area contributed by atoms with E-state index in [0.717, 1.165) is 25.9 Å². The van der Waals surface area contributed by atoms with Crippen LogP contribution in [-0.2, 0) is 6.54 Å². The summed E-state index contributed by atoms with van der Waals surface area (Å²) in [5.74, 6) is 0. The highest BCUT2D eigenvalue weighted by molar-refractivity contribution is 5.77. The van der Waals surface area contributed by atoms with Crippen molar-refractivity contribution < 1.29 is 9.59 Å². The molecule has 0 aromatic heterocycles. The third-order valence-electron chi connectivity index (χ3n) is 5.30. The number of rotatable bonds is 3. The Bertz CT molecular complexity index is 672. The Balaban J connectivity index is 1.51. The van der Waals surface area contributed by atoms with Gasteiger partial charge in [0.1, 0.15) is 0 Å². The Hall–Kier alpha value is -2.24. The number of urea groups is 2. The fourth-order valence-electron chi connectivity index (χ4n) is 3.78. The van der Waals surface area contributed by atoms with E-state index in [0.29, 0.717) is 19.6 Å². The van der Waals surface area contributed by atoms with Crippen LogP contribution < -0.4 is 5.32 Å². The summed E-state index contributed by atoms with van der Waals surface area (Å²) in [6, 6.07) is 8.73. The lowest BCUT2D eigenvalue weighted by atomic mass is 10.0. The molecule has 2 heterocycles. The van der Waals surface area contributed by atoms with E-state index in [1.165, 1.54) is 11.1 Å². The Morgan fingerprint density at radius 2 is 1.70 bits per heavy atom. The Labute approximate surface area is 162 Å². The van der Waals surface area contributed by atoms with Gasteiger partial charge >= 0.3 is 12.1 Å². The Morgan fingerprint density at radius 3 is 2.30 bits per heavy atom.